The van der Waals surface area contributed by atoms with Crippen molar-refractivity contribution in [2.24, 2.45) is 7.05 Å². The summed E-state index contributed by atoms with van der Waals surface area (Å²) in [5.41, 5.74) is 4.49. The van der Waals surface area contributed by atoms with Crippen LogP contribution in [-0.2, 0) is 7.05 Å². The standard InChI is InChI=1S/C27H35N7O2/c1-18-15-33(16-19(2)30-18)26-25-22-13-20(7-9-23(22)29-17-34(25)32(5)27(26)35)21-8-10-24(28-14-21)36-12-6-11-31(3)4/h7-10,13-14,17-19,30H,6,11-12,15-16H2,1-5H3/t18-,19+. The number of ether oxygens (including phenoxy) is 1. The highest BCUT2D eigenvalue weighted by molar-refractivity contribution is 6.02. The van der Waals surface area contributed by atoms with Crippen molar-refractivity contribution in [2.45, 2.75) is 32.4 Å². The smallest absolute Gasteiger partial charge is 0.291 e. The highest BCUT2D eigenvalue weighted by atomic mass is 16.5. The molecule has 1 aromatic carbocycles. The second-order valence-corrected chi connectivity index (χ2v) is 10.1. The van der Waals surface area contributed by atoms with Crippen LogP contribution >= 0.6 is 0 Å². The van der Waals surface area contributed by atoms with Gasteiger partial charge in [-0.15, -0.1) is 0 Å². The summed E-state index contributed by atoms with van der Waals surface area (Å²) in [6, 6.07) is 10.7. The minimum absolute atomic E-state index is 0.00608. The molecule has 0 amide bonds. The molecule has 0 radical (unpaired) electrons. The molecule has 9 nitrogen and oxygen atoms in total. The molecular weight excluding hydrogens is 454 g/mol. The van der Waals surface area contributed by atoms with Gasteiger partial charge in [0.05, 0.1) is 12.1 Å². The van der Waals surface area contributed by atoms with Gasteiger partial charge in [-0.3, -0.25) is 4.79 Å². The number of nitrogens with zero attached hydrogens (tertiary/aromatic N) is 6. The number of aryl methyl sites for hydroxylation is 1. The van der Waals surface area contributed by atoms with Gasteiger partial charge in [0, 0.05) is 62.0 Å². The van der Waals surface area contributed by atoms with Crippen molar-refractivity contribution in [1.82, 2.24) is 29.4 Å². The maximum absolute atomic E-state index is 13.4. The van der Waals surface area contributed by atoms with Gasteiger partial charge in [-0.25, -0.2) is 19.2 Å². The van der Waals surface area contributed by atoms with E-state index in [2.05, 4.69) is 65.2 Å². The summed E-state index contributed by atoms with van der Waals surface area (Å²) in [5, 5.41) is 4.51. The fourth-order valence-corrected chi connectivity index (χ4v) is 5.12. The maximum Gasteiger partial charge on any atom is 0.291 e. The first kappa shape index (κ1) is 24.3. The van der Waals surface area contributed by atoms with Gasteiger partial charge in [0.2, 0.25) is 5.88 Å². The lowest BCUT2D eigenvalue weighted by Gasteiger charge is -2.36. The fraction of sp³-hybridized carbons (Fsp3) is 0.444. The van der Waals surface area contributed by atoms with E-state index in [1.54, 1.807) is 18.1 Å². The Morgan fingerprint density at radius 3 is 2.53 bits per heavy atom. The maximum atomic E-state index is 13.4. The Labute approximate surface area is 211 Å². The minimum Gasteiger partial charge on any atom is -0.478 e. The average Bonchev–Trinajstić information content (AvgIpc) is 3.11. The van der Waals surface area contributed by atoms with Crippen LogP contribution in [0, 0.1) is 0 Å². The summed E-state index contributed by atoms with van der Waals surface area (Å²) >= 11 is 0. The van der Waals surface area contributed by atoms with Gasteiger partial charge in [0.1, 0.15) is 17.5 Å². The number of pyridine rings is 1. The van der Waals surface area contributed by atoms with Crippen LogP contribution in [0.1, 0.15) is 20.3 Å². The van der Waals surface area contributed by atoms with Gasteiger partial charge >= 0.3 is 0 Å². The predicted molar refractivity (Wildman–Crippen MR) is 144 cm³/mol. The van der Waals surface area contributed by atoms with E-state index in [9.17, 15) is 4.79 Å². The highest BCUT2D eigenvalue weighted by Gasteiger charge is 2.27. The number of anilines is 1. The van der Waals surface area contributed by atoms with Crippen LogP contribution in [-0.4, -0.2) is 76.5 Å². The number of aromatic nitrogens is 4. The monoisotopic (exact) mass is 489 g/mol. The third kappa shape index (κ3) is 4.68. The number of rotatable bonds is 7. The molecule has 2 atom stereocenters. The molecule has 1 aliphatic rings. The molecule has 36 heavy (non-hydrogen) atoms. The average molecular weight is 490 g/mol. The largest absolute Gasteiger partial charge is 0.478 e. The first-order chi connectivity index (χ1) is 17.3. The number of benzene rings is 1. The predicted octanol–water partition coefficient (Wildman–Crippen LogP) is 2.77. The summed E-state index contributed by atoms with van der Waals surface area (Å²) in [6.45, 7) is 7.50. The van der Waals surface area contributed by atoms with Gasteiger partial charge in [0.15, 0.2) is 0 Å². The topological polar surface area (TPSA) is 79.9 Å². The Balaban J connectivity index is 1.52. The van der Waals surface area contributed by atoms with Crippen molar-refractivity contribution >= 4 is 22.1 Å². The van der Waals surface area contributed by atoms with Crippen LogP contribution in [0.3, 0.4) is 0 Å². The molecular formula is C27H35N7O2. The second-order valence-electron chi connectivity index (χ2n) is 10.1. The van der Waals surface area contributed by atoms with E-state index >= 15 is 0 Å². The van der Waals surface area contributed by atoms with Crippen LogP contribution in [0.4, 0.5) is 5.69 Å². The first-order valence-electron chi connectivity index (χ1n) is 12.6. The number of piperazine rings is 1. The molecule has 0 spiro atoms. The lowest BCUT2D eigenvalue weighted by molar-refractivity contribution is 0.273. The van der Waals surface area contributed by atoms with Crippen molar-refractivity contribution in [2.75, 3.05) is 45.2 Å². The SMILES string of the molecule is C[C@@H]1CN(c2c(=O)n(C)n3cnc4ccc(-c5ccc(OCCCN(C)C)nc5)cc4c23)C[C@H](C)N1. The van der Waals surface area contributed by atoms with E-state index in [4.69, 9.17) is 4.74 Å². The van der Waals surface area contributed by atoms with Crippen molar-refractivity contribution in [3.8, 4) is 17.0 Å². The number of hydrogen-bond donors (Lipinski definition) is 1. The number of hydrogen-bond acceptors (Lipinski definition) is 7. The number of fused-ring (bicyclic) bond motifs is 3. The molecule has 5 rings (SSSR count). The molecule has 0 unspecified atom stereocenters. The molecule has 9 heteroatoms. The molecule has 3 aromatic heterocycles. The zero-order valence-corrected chi connectivity index (χ0v) is 21.7. The third-order valence-corrected chi connectivity index (χ3v) is 6.77. The Hall–Kier alpha value is -3.43. The van der Waals surface area contributed by atoms with E-state index in [0.29, 0.717) is 24.6 Å². The van der Waals surface area contributed by atoms with Gasteiger partial charge in [0.25, 0.3) is 5.56 Å². The first-order valence-corrected chi connectivity index (χ1v) is 12.6. The molecule has 4 heterocycles. The van der Waals surface area contributed by atoms with Crippen molar-refractivity contribution < 1.29 is 4.74 Å². The lowest BCUT2D eigenvalue weighted by atomic mass is 10.0. The Kier molecular flexibility index (Phi) is 6.68. The van der Waals surface area contributed by atoms with Crippen LogP contribution in [0.25, 0.3) is 27.5 Å². The molecule has 1 fully saturated rings. The Morgan fingerprint density at radius 1 is 1.08 bits per heavy atom. The van der Waals surface area contributed by atoms with E-state index in [0.717, 1.165) is 59.3 Å². The van der Waals surface area contributed by atoms with E-state index in [-0.39, 0.29) is 5.56 Å². The van der Waals surface area contributed by atoms with E-state index < -0.39 is 0 Å². The zero-order valence-electron chi connectivity index (χ0n) is 21.7. The molecule has 0 bridgehead atoms. The van der Waals surface area contributed by atoms with Crippen LogP contribution < -0.4 is 20.5 Å². The Bertz CT molecular complexity index is 1410. The normalized spacial score (nSPS) is 18.4. The van der Waals surface area contributed by atoms with Gasteiger partial charge < -0.3 is 19.9 Å². The quantitative estimate of drug-likeness (QED) is 0.400. The van der Waals surface area contributed by atoms with Gasteiger partial charge in [-0.2, -0.15) is 0 Å². The fourth-order valence-electron chi connectivity index (χ4n) is 5.12. The van der Waals surface area contributed by atoms with Crippen LogP contribution in [0.2, 0.25) is 0 Å². The minimum atomic E-state index is -0.00608. The molecule has 0 aliphatic carbocycles. The highest BCUT2D eigenvalue weighted by Crippen LogP contribution is 2.31. The van der Waals surface area contributed by atoms with Crippen LogP contribution in [0.15, 0.2) is 47.7 Å². The van der Waals surface area contributed by atoms with Gasteiger partial charge in [-0.1, -0.05) is 6.07 Å². The van der Waals surface area contributed by atoms with Crippen molar-refractivity contribution in [3.63, 3.8) is 0 Å². The summed E-state index contributed by atoms with van der Waals surface area (Å²) in [5.74, 6) is 0.626. The molecule has 1 saturated heterocycles. The zero-order chi connectivity index (χ0) is 25.4. The molecule has 190 valence electrons. The molecule has 4 aromatic rings. The van der Waals surface area contributed by atoms with Crippen molar-refractivity contribution in [3.05, 3.63) is 53.2 Å². The Morgan fingerprint density at radius 2 is 1.83 bits per heavy atom. The van der Waals surface area contributed by atoms with E-state index in [1.807, 2.05) is 28.9 Å². The van der Waals surface area contributed by atoms with Gasteiger partial charge in [-0.05, 0) is 58.1 Å². The molecule has 0 saturated carbocycles. The van der Waals surface area contributed by atoms with Crippen molar-refractivity contribution in [1.29, 1.82) is 0 Å². The summed E-state index contributed by atoms with van der Waals surface area (Å²) in [7, 11) is 5.91. The lowest BCUT2D eigenvalue weighted by Crippen LogP contribution is -2.55. The third-order valence-electron chi connectivity index (χ3n) is 6.77. The van der Waals surface area contributed by atoms with E-state index in [1.165, 1.54) is 0 Å². The summed E-state index contributed by atoms with van der Waals surface area (Å²) in [4.78, 5) is 26.9. The molecule has 1 aliphatic heterocycles. The van der Waals surface area contributed by atoms with Crippen LogP contribution in [0.5, 0.6) is 5.88 Å². The summed E-state index contributed by atoms with van der Waals surface area (Å²) in [6.07, 6.45) is 4.53. The number of nitrogens with one attached hydrogen (secondary N) is 1. The summed E-state index contributed by atoms with van der Waals surface area (Å²) < 4.78 is 9.30. The second kappa shape index (κ2) is 9.91. The molecule has 1 N–H and O–H groups in total.